The molecular weight excluding hydrogens is 214 g/mol. The van der Waals surface area contributed by atoms with E-state index in [9.17, 15) is 4.79 Å². The Labute approximate surface area is 100 Å². The van der Waals surface area contributed by atoms with Crippen LogP contribution in [0.1, 0.15) is 33.0 Å². The van der Waals surface area contributed by atoms with Crippen LogP contribution in [0.25, 0.3) is 0 Å². The third-order valence-corrected chi connectivity index (χ3v) is 2.93. The summed E-state index contributed by atoms with van der Waals surface area (Å²) < 4.78 is 5.47. The first-order valence-corrected chi connectivity index (χ1v) is 5.58. The Bertz CT molecular complexity index is 541. The van der Waals surface area contributed by atoms with Crippen LogP contribution in [0.4, 0.5) is 0 Å². The van der Waals surface area contributed by atoms with Crippen molar-refractivity contribution in [3.63, 3.8) is 0 Å². The minimum Gasteiger partial charge on any atom is -0.466 e. The minimum absolute atomic E-state index is 0.0878. The van der Waals surface area contributed by atoms with Gasteiger partial charge in [-0.3, -0.25) is 9.78 Å². The number of aromatic nitrogens is 1. The van der Waals surface area contributed by atoms with Gasteiger partial charge in [-0.2, -0.15) is 0 Å². The van der Waals surface area contributed by atoms with Gasteiger partial charge in [0, 0.05) is 24.4 Å². The van der Waals surface area contributed by atoms with Gasteiger partial charge in [0.05, 0.1) is 5.56 Å². The molecule has 2 heterocycles. The third kappa shape index (κ3) is 2.28. The van der Waals surface area contributed by atoms with E-state index in [1.54, 1.807) is 12.4 Å². The van der Waals surface area contributed by atoms with E-state index >= 15 is 0 Å². The second-order valence-corrected chi connectivity index (χ2v) is 4.18. The van der Waals surface area contributed by atoms with Gasteiger partial charge in [0.25, 0.3) is 0 Å². The minimum atomic E-state index is 0.0878. The molecule has 0 radical (unpaired) electrons. The van der Waals surface area contributed by atoms with E-state index in [0.717, 1.165) is 16.9 Å². The quantitative estimate of drug-likeness (QED) is 0.760. The van der Waals surface area contributed by atoms with E-state index in [-0.39, 0.29) is 5.78 Å². The first-order valence-electron chi connectivity index (χ1n) is 5.58. The van der Waals surface area contributed by atoms with E-state index in [1.807, 2.05) is 32.9 Å². The van der Waals surface area contributed by atoms with E-state index in [1.165, 1.54) is 0 Å². The van der Waals surface area contributed by atoms with Gasteiger partial charge in [-0.1, -0.05) is 6.07 Å². The number of hydrogen-bond acceptors (Lipinski definition) is 3. The van der Waals surface area contributed by atoms with Gasteiger partial charge in [-0.05, 0) is 32.4 Å². The summed E-state index contributed by atoms with van der Waals surface area (Å²) in [5.41, 5.74) is 2.58. The number of pyridine rings is 1. The summed E-state index contributed by atoms with van der Waals surface area (Å²) in [5, 5.41) is 0. The molecule has 3 heteroatoms. The number of aryl methyl sites for hydroxylation is 2. The molecule has 0 aliphatic rings. The fraction of sp³-hybridized carbons (Fsp3) is 0.286. The lowest BCUT2D eigenvalue weighted by atomic mass is 10.0. The standard InChI is InChI=1S/C14H15NO2/c1-9-10(2)17-11(3)14(9)13(16)7-12-5-4-6-15-8-12/h4-6,8H,7H2,1-3H3. The Morgan fingerprint density at radius 3 is 2.59 bits per heavy atom. The zero-order chi connectivity index (χ0) is 12.4. The molecule has 0 atom stereocenters. The highest BCUT2D eigenvalue weighted by atomic mass is 16.3. The highest BCUT2D eigenvalue weighted by Gasteiger charge is 2.18. The lowest BCUT2D eigenvalue weighted by Gasteiger charge is -2.01. The van der Waals surface area contributed by atoms with E-state index in [2.05, 4.69) is 4.98 Å². The van der Waals surface area contributed by atoms with Crippen LogP contribution < -0.4 is 0 Å². The molecule has 2 aromatic heterocycles. The van der Waals surface area contributed by atoms with Gasteiger partial charge in [-0.15, -0.1) is 0 Å². The number of hydrogen-bond donors (Lipinski definition) is 0. The fourth-order valence-corrected chi connectivity index (χ4v) is 1.98. The summed E-state index contributed by atoms with van der Waals surface area (Å²) in [6, 6.07) is 3.74. The van der Waals surface area contributed by atoms with Crippen LogP contribution in [0.2, 0.25) is 0 Å². The number of ketones is 1. The number of nitrogens with zero attached hydrogens (tertiary/aromatic N) is 1. The molecule has 0 fully saturated rings. The maximum atomic E-state index is 12.2. The molecule has 17 heavy (non-hydrogen) atoms. The van der Waals surface area contributed by atoms with Crippen molar-refractivity contribution in [2.75, 3.05) is 0 Å². The van der Waals surface area contributed by atoms with Gasteiger partial charge >= 0.3 is 0 Å². The molecular formula is C14H15NO2. The van der Waals surface area contributed by atoms with Crippen molar-refractivity contribution in [2.45, 2.75) is 27.2 Å². The van der Waals surface area contributed by atoms with Gasteiger partial charge in [0.2, 0.25) is 0 Å². The van der Waals surface area contributed by atoms with Crippen LogP contribution >= 0.6 is 0 Å². The molecule has 2 rings (SSSR count). The summed E-state index contributed by atoms with van der Waals surface area (Å²) in [6.45, 7) is 5.63. The SMILES string of the molecule is Cc1oc(C)c(C(=O)Cc2cccnc2)c1C. The van der Waals surface area contributed by atoms with Crippen molar-refractivity contribution in [1.29, 1.82) is 0 Å². The van der Waals surface area contributed by atoms with Crippen molar-refractivity contribution in [3.8, 4) is 0 Å². The molecule has 0 aromatic carbocycles. The summed E-state index contributed by atoms with van der Waals surface area (Å²) in [5.74, 6) is 1.61. The first-order chi connectivity index (χ1) is 8.09. The van der Waals surface area contributed by atoms with Gasteiger partial charge < -0.3 is 4.42 Å². The molecule has 0 unspecified atom stereocenters. The number of furan rings is 1. The molecule has 0 saturated carbocycles. The second-order valence-electron chi connectivity index (χ2n) is 4.18. The van der Waals surface area contributed by atoms with Crippen molar-refractivity contribution in [1.82, 2.24) is 4.98 Å². The lowest BCUT2D eigenvalue weighted by molar-refractivity contribution is 0.0991. The van der Waals surface area contributed by atoms with E-state index in [4.69, 9.17) is 4.42 Å². The van der Waals surface area contributed by atoms with Crippen LogP contribution in [0.3, 0.4) is 0 Å². The smallest absolute Gasteiger partial charge is 0.171 e. The number of carbonyl (C=O) groups excluding carboxylic acids is 1. The zero-order valence-corrected chi connectivity index (χ0v) is 10.3. The number of Topliss-reactive ketones (excluding diaryl/α,β-unsaturated/α-hetero) is 1. The van der Waals surface area contributed by atoms with E-state index < -0.39 is 0 Å². The predicted octanol–water partition coefficient (Wildman–Crippen LogP) is 3.03. The molecule has 0 amide bonds. The Morgan fingerprint density at radius 1 is 1.29 bits per heavy atom. The predicted molar refractivity (Wildman–Crippen MR) is 65.2 cm³/mol. The van der Waals surface area contributed by atoms with Gasteiger partial charge in [-0.25, -0.2) is 0 Å². The molecule has 2 aromatic rings. The van der Waals surface area contributed by atoms with Crippen molar-refractivity contribution in [3.05, 3.63) is 52.7 Å². The summed E-state index contributed by atoms with van der Waals surface area (Å²) in [4.78, 5) is 16.2. The van der Waals surface area contributed by atoms with Gasteiger partial charge in [0.15, 0.2) is 5.78 Å². The largest absolute Gasteiger partial charge is 0.466 e. The van der Waals surface area contributed by atoms with Crippen LogP contribution in [0.15, 0.2) is 28.9 Å². The van der Waals surface area contributed by atoms with Crippen molar-refractivity contribution < 1.29 is 9.21 Å². The molecule has 0 N–H and O–H groups in total. The van der Waals surface area contributed by atoms with Crippen molar-refractivity contribution in [2.24, 2.45) is 0 Å². The monoisotopic (exact) mass is 229 g/mol. The molecule has 0 saturated heterocycles. The Kier molecular flexibility index (Phi) is 3.09. The summed E-state index contributed by atoms with van der Waals surface area (Å²) >= 11 is 0. The number of rotatable bonds is 3. The third-order valence-electron chi connectivity index (χ3n) is 2.93. The topological polar surface area (TPSA) is 43.1 Å². The Morgan fingerprint density at radius 2 is 2.06 bits per heavy atom. The van der Waals surface area contributed by atoms with Crippen LogP contribution in [-0.2, 0) is 6.42 Å². The molecule has 88 valence electrons. The average Bonchev–Trinajstić information content (AvgIpc) is 2.54. The molecule has 3 nitrogen and oxygen atoms in total. The zero-order valence-electron chi connectivity index (χ0n) is 10.3. The molecule has 0 bridgehead atoms. The summed E-state index contributed by atoms with van der Waals surface area (Å²) in [7, 11) is 0. The molecule has 0 aliphatic carbocycles. The van der Waals surface area contributed by atoms with Crippen LogP contribution in [-0.4, -0.2) is 10.8 Å². The highest BCUT2D eigenvalue weighted by Crippen LogP contribution is 2.22. The fourth-order valence-electron chi connectivity index (χ4n) is 1.98. The molecule has 0 spiro atoms. The Balaban J connectivity index is 2.27. The maximum absolute atomic E-state index is 12.2. The first kappa shape index (κ1) is 11.6. The van der Waals surface area contributed by atoms with Gasteiger partial charge in [0.1, 0.15) is 11.5 Å². The average molecular weight is 229 g/mol. The number of carbonyl (C=O) groups is 1. The summed E-state index contributed by atoms with van der Waals surface area (Å²) in [6.07, 6.45) is 3.79. The normalized spacial score (nSPS) is 10.5. The lowest BCUT2D eigenvalue weighted by Crippen LogP contribution is -2.05. The van der Waals surface area contributed by atoms with Crippen molar-refractivity contribution >= 4 is 5.78 Å². The second kappa shape index (κ2) is 4.53. The molecule has 0 aliphatic heterocycles. The van der Waals surface area contributed by atoms with Crippen LogP contribution in [0.5, 0.6) is 0 Å². The Hall–Kier alpha value is -1.90. The van der Waals surface area contributed by atoms with Crippen LogP contribution in [0, 0.1) is 20.8 Å². The van der Waals surface area contributed by atoms with E-state index in [0.29, 0.717) is 17.7 Å². The highest BCUT2D eigenvalue weighted by molar-refractivity contribution is 5.99. The maximum Gasteiger partial charge on any atom is 0.171 e.